The number of pyridine rings is 1. The number of aromatic nitrogens is 1. The van der Waals surface area contributed by atoms with Gasteiger partial charge in [-0.15, -0.1) is 0 Å². The van der Waals surface area contributed by atoms with Crippen molar-refractivity contribution in [2.45, 2.75) is 59.5 Å². The predicted octanol–water partition coefficient (Wildman–Crippen LogP) is 7.03. The van der Waals surface area contributed by atoms with Crippen LogP contribution in [0.15, 0.2) is 71.5 Å². The Balaban J connectivity index is 0.00000650. The van der Waals surface area contributed by atoms with Gasteiger partial charge < -0.3 is 34.6 Å². The van der Waals surface area contributed by atoms with Crippen molar-refractivity contribution in [1.29, 1.82) is 0 Å². The van der Waals surface area contributed by atoms with E-state index in [4.69, 9.17) is 18.9 Å². The highest BCUT2D eigenvalue weighted by Crippen LogP contribution is 2.32. The van der Waals surface area contributed by atoms with Crippen molar-refractivity contribution in [2.75, 3.05) is 39.3 Å². The van der Waals surface area contributed by atoms with E-state index in [0.717, 1.165) is 11.1 Å². The summed E-state index contributed by atoms with van der Waals surface area (Å²) in [6.45, 7) is 8.18. The summed E-state index contributed by atoms with van der Waals surface area (Å²) in [5.41, 5.74) is 1.69. The standard InChI is InChI=1S/C37H43N3O8.CH4/c1-23-12-13-26(31(41)20-25(24-10-8-7-9-11-24)14-15-38-36(44)48-37(2,3)4)19-29(23)39-34(42)28-18-27-21-33(47-17-16-45-5)32(46-6)22-30(27)40-35(28)43;/h7-13,18-19,21-22,25H,14-17,20H2,1-6H3,(H,38,44)(H,39,42)(H,40,43);1H4/t25-;/m0./s1. The molecule has 11 nitrogen and oxygen atoms in total. The smallest absolute Gasteiger partial charge is 0.407 e. The molecule has 0 saturated heterocycles. The first-order chi connectivity index (χ1) is 22.9. The Morgan fingerprint density at radius 1 is 0.918 bits per heavy atom. The molecular weight excluding hydrogens is 626 g/mol. The molecule has 4 rings (SSSR count). The molecule has 3 aromatic carbocycles. The molecule has 2 amide bonds. The molecular formula is C38H47N3O8. The number of carbonyl (C=O) groups is 3. The van der Waals surface area contributed by atoms with E-state index in [9.17, 15) is 19.2 Å². The molecule has 0 radical (unpaired) electrons. The van der Waals surface area contributed by atoms with E-state index >= 15 is 0 Å². The highest BCUT2D eigenvalue weighted by molar-refractivity contribution is 6.07. The maximum Gasteiger partial charge on any atom is 0.407 e. The molecule has 1 heterocycles. The first kappa shape index (κ1) is 38.3. The van der Waals surface area contributed by atoms with Crippen molar-refractivity contribution in [3.8, 4) is 11.5 Å². The number of alkyl carbamates (subject to hydrolysis) is 1. The lowest BCUT2D eigenvalue weighted by Gasteiger charge is -2.21. The molecule has 262 valence electrons. The number of fused-ring (bicyclic) bond motifs is 1. The Hall–Kier alpha value is -5.16. The summed E-state index contributed by atoms with van der Waals surface area (Å²) in [6.07, 6.45) is 0.180. The molecule has 0 fully saturated rings. The van der Waals surface area contributed by atoms with Gasteiger partial charge in [0.05, 0.1) is 19.2 Å². The number of methoxy groups -OCH3 is 2. The van der Waals surface area contributed by atoms with Crippen molar-refractivity contribution < 1.29 is 33.3 Å². The maximum atomic E-state index is 13.6. The summed E-state index contributed by atoms with van der Waals surface area (Å²) in [4.78, 5) is 54.9. The van der Waals surface area contributed by atoms with Crippen LogP contribution in [0.3, 0.4) is 0 Å². The first-order valence-electron chi connectivity index (χ1n) is 15.7. The number of ether oxygens (including phenoxy) is 4. The Morgan fingerprint density at radius 2 is 1.65 bits per heavy atom. The van der Waals surface area contributed by atoms with Crippen LogP contribution in [0.5, 0.6) is 11.5 Å². The van der Waals surface area contributed by atoms with Gasteiger partial charge in [-0.1, -0.05) is 49.9 Å². The third-order valence-corrected chi connectivity index (χ3v) is 7.59. The van der Waals surface area contributed by atoms with E-state index in [2.05, 4.69) is 15.6 Å². The van der Waals surface area contributed by atoms with Gasteiger partial charge in [0.15, 0.2) is 17.3 Å². The van der Waals surface area contributed by atoms with Crippen LogP contribution in [0.25, 0.3) is 10.9 Å². The van der Waals surface area contributed by atoms with Gasteiger partial charge in [-0.25, -0.2) is 4.79 Å². The lowest BCUT2D eigenvalue weighted by atomic mass is 9.88. The third-order valence-electron chi connectivity index (χ3n) is 7.59. The number of hydrogen-bond acceptors (Lipinski definition) is 8. The fourth-order valence-corrected chi connectivity index (χ4v) is 5.13. The van der Waals surface area contributed by atoms with Crippen molar-refractivity contribution in [1.82, 2.24) is 10.3 Å². The van der Waals surface area contributed by atoms with Gasteiger partial charge in [-0.05, 0) is 69.4 Å². The van der Waals surface area contributed by atoms with Gasteiger partial charge in [0.25, 0.3) is 11.5 Å². The number of rotatable bonds is 14. The van der Waals surface area contributed by atoms with Gasteiger partial charge in [0, 0.05) is 42.8 Å². The number of aryl methyl sites for hydroxylation is 1. The number of H-pyrrole nitrogens is 1. The summed E-state index contributed by atoms with van der Waals surface area (Å²) in [7, 11) is 3.07. The number of carbonyl (C=O) groups excluding carboxylic acids is 3. The highest BCUT2D eigenvalue weighted by Gasteiger charge is 2.21. The quantitative estimate of drug-likeness (QED) is 0.0956. The molecule has 4 aromatic rings. The molecule has 0 unspecified atom stereocenters. The van der Waals surface area contributed by atoms with Crippen LogP contribution in [0.1, 0.15) is 78.8 Å². The fraction of sp³-hybridized carbons (Fsp3) is 0.368. The fourth-order valence-electron chi connectivity index (χ4n) is 5.13. The van der Waals surface area contributed by atoms with Crippen LogP contribution >= 0.6 is 0 Å². The molecule has 49 heavy (non-hydrogen) atoms. The average Bonchev–Trinajstić information content (AvgIpc) is 3.04. The van der Waals surface area contributed by atoms with Crippen LogP contribution in [0, 0.1) is 6.92 Å². The van der Waals surface area contributed by atoms with Crippen LogP contribution in [0.4, 0.5) is 10.5 Å². The average molecular weight is 674 g/mol. The number of nitrogens with one attached hydrogen (secondary N) is 3. The number of Topliss-reactive ketones (excluding diaryl/α,β-unsaturated/α-hetero) is 1. The molecule has 0 aliphatic carbocycles. The molecule has 1 aromatic heterocycles. The Kier molecular flexibility index (Phi) is 13.5. The molecule has 0 saturated carbocycles. The zero-order valence-electron chi connectivity index (χ0n) is 28.2. The van der Waals surface area contributed by atoms with Crippen molar-refractivity contribution in [3.05, 3.63) is 99.3 Å². The molecule has 0 spiro atoms. The SMILES string of the molecule is C.COCCOc1cc2cc(C(=O)Nc3cc(C(=O)C[C@H](CCNC(=O)OC(C)(C)C)c4ccccc4)ccc3C)c(=O)[nH]c2cc1OC. The van der Waals surface area contributed by atoms with E-state index in [1.165, 1.54) is 13.2 Å². The summed E-state index contributed by atoms with van der Waals surface area (Å²) in [5.74, 6) is -0.0607. The Labute approximate surface area is 287 Å². The van der Waals surface area contributed by atoms with Crippen molar-refractivity contribution in [3.63, 3.8) is 0 Å². The second-order valence-electron chi connectivity index (χ2n) is 12.4. The topological polar surface area (TPSA) is 145 Å². The zero-order chi connectivity index (χ0) is 34.8. The van der Waals surface area contributed by atoms with Crippen molar-refractivity contribution in [2.24, 2.45) is 0 Å². The molecule has 1 atom stereocenters. The number of aromatic amines is 1. The minimum Gasteiger partial charge on any atom is -0.493 e. The van der Waals surface area contributed by atoms with Gasteiger partial charge in [-0.2, -0.15) is 0 Å². The van der Waals surface area contributed by atoms with E-state index in [0.29, 0.717) is 59.8 Å². The largest absolute Gasteiger partial charge is 0.493 e. The molecule has 0 bridgehead atoms. The lowest BCUT2D eigenvalue weighted by Crippen LogP contribution is -2.33. The predicted molar refractivity (Wildman–Crippen MR) is 191 cm³/mol. The number of benzene rings is 3. The number of ketones is 1. The summed E-state index contributed by atoms with van der Waals surface area (Å²) < 4.78 is 21.5. The number of hydrogen-bond donors (Lipinski definition) is 3. The van der Waals surface area contributed by atoms with Crippen LogP contribution < -0.4 is 25.7 Å². The molecule has 0 aliphatic rings. The first-order valence-corrected chi connectivity index (χ1v) is 15.7. The van der Waals surface area contributed by atoms with Crippen LogP contribution in [0.2, 0.25) is 0 Å². The van der Waals surface area contributed by atoms with Gasteiger partial charge >= 0.3 is 6.09 Å². The molecule has 11 heteroatoms. The molecule has 0 aliphatic heterocycles. The Morgan fingerprint density at radius 3 is 2.33 bits per heavy atom. The Bertz CT molecular complexity index is 1810. The van der Waals surface area contributed by atoms with E-state index in [1.807, 2.05) is 30.3 Å². The summed E-state index contributed by atoms with van der Waals surface area (Å²) >= 11 is 0. The van der Waals surface area contributed by atoms with Crippen LogP contribution in [-0.2, 0) is 9.47 Å². The third kappa shape index (κ3) is 10.7. The number of anilines is 1. The van der Waals surface area contributed by atoms with Crippen molar-refractivity contribution >= 4 is 34.4 Å². The van der Waals surface area contributed by atoms with Gasteiger partial charge in [0.2, 0.25) is 0 Å². The van der Waals surface area contributed by atoms with E-state index in [1.54, 1.807) is 65.1 Å². The highest BCUT2D eigenvalue weighted by atomic mass is 16.6. The zero-order valence-corrected chi connectivity index (χ0v) is 28.2. The lowest BCUT2D eigenvalue weighted by molar-refractivity contribution is 0.0526. The van der Waals surface area contributed by atoms with E-state index in [-0.39, 0.29) is 31.1 Å². The van der Waals surface area contributed by atoms with E-state index < -0.39 is 23.2 Å². The minimum atomic E-state index is -0.626. The normalized spacial score (nSPS) is 11.6. The summed E-state index contributed by atoms with van der Waals surface area (Å²) in [6, 6.07) is 19.6. The maximum absolute atomic E-state index is 13.6. The van der Waals surface area contributed by atoms with Gasteiger partial charge in [0.1, 0.15) is 17.8 Å². The minimum absolute atomic E-state index is 0. The monoisotopic (exact) mass is 673 g/mol. The second kappa shape index (κ2) is 17.3. The van der Waals surface area contributed by atoms with Gasteiger partial charge in [-0.3, -0.25) is 14.4 Å². The second-order valence-corrected chi connectivity index (χ2v) is 12.4. The number of amides is 2. The van der Waals surface area contributed by atoms with Crippen LogP contribution in [-0.4, -0.2) is 62.3 Å². The summed E-state index contributed by atoms with van der Waals surface area (Å²) in [5, 5.41) is 6.16. The molecule has 3 N–H and O–H groups in total.